The molecule has 0 spiro atoms. The zero-order valence-corrected chi connectivity index (χ0v) is 14.9. The highest BCUT2D eigenvalue weighted by Crippen LogP contribution is 2.24. The summed E-state index contributed by atoms with van der Waals surface area (Å²) < 4.78 is 5.55. The number of carbonyl (C=O) groups excluding carboxylic acids is 1. The van der Waals surface area contributed by atoms with Crippen molar-refractivity contribution in [2.75, 3.05) is 5.32 Å². The van der Waals surface area contributed by atoms with E-state index in [1.807, 2.05) is 6.92 Å². The maximum absolute atomic E-state index is 12.1. The van der Waals surface area contributed by atoms with Gasteiger partial charge in [-0.3, -0.25) is 14.9 Å². The summed E-state index contributed by atoms with van der Waals surface area (Å²) in [5.74, 6) is 0.198. The van der Waals surface area contributed by atoms with Crippen molar-refractivity contribution in [1.29, 1.82) is 0 Å². The molecule has 0 fully saturated rings. The van der Waals surface area contributed by atoms with Crippen LogP contribution in [0.25, 0.3) is 6.08 Å². The quantitative estimate of drug-likeness (QED) is 0.394. The maximum Gasteiger partial charge on any atom is 0.321 e. The monoisotopic (exact) mass is 376 g/mol. The first-order valence-corrected chi connectivity index (χ1v) is 8.30. The van der Waals surface area contributed by atoms with Gasteiger partial charge in [-0.05, 0) is 48.4 Å². The molecule has 0 saturated heterocycles. The SMILES string of the molecule is Cc1cc(Oc2ncccn2)ccc1NC(=O)/C=C\c1cccc([N+](=O)[O-])c1. The topological polar surface area (TPSA) is 107 Å². The van der Waals surface area contributed by atoms with Gasteiger partial charge in [-0.2, -0.15) is 0 Å². The fourth-order valence-electron chi connectivity index (χ4n) is 2.37. The number of ether oxygens (including phenoxy) is 1. The summed E-state index contributed by atoms with van der Waals surface area (Å²) in [6.45, 7) is 1.83. The Morgan fingerprint density at radius 1 is 1.14 bits per heavy atom. The fourth-order valence-corrected chi connectivity index (χ4v) is 2.37. The van der Waals surface area contributed by atoms with Crippen LogP contribution in [0, 0.1) is 17.0 Å². The van der Waals surface area contributed by atoms with E-state index in [0.29, 0.717) is 17.0 Å². The smallest absolute Gasteiger partial charge is 0.321 e. The van der Waals surface area contributed by atoms with Gasteiger partial charge >= 0.3 is 6.01 Å². The van der Waals surface area contributed by atoms with Gasteiger partial charge in [-0.1, -0.05) is 12.1 Å². The number of non-ortho nitro benzene ring substituents is 1. The molecule has 8 heteroatoms. The molecule has 0 bridgehead atoms. The van der Waals surface area contributed by atoms with Crippen molar-refractivity contribution in [2.45, 2.75) is 6.92 Å². The van der Waals surface area contributed by atoms with E-state index in [1.165, 1.54) is 24.3 Å². The molecule has 1 N–H and O–H groups in total. The van der Waals surface area contributed by atoms with E-state index in [0.717, 1.165) is 5.56 Å². The second-order valence-corrected chi connectivity index (χ2v) is 5.78. The van der Waals surface area contributed by atoms with Crippen LogP contribution >= 0.6 is 0 Å². The lowest BCUT2D eigenvalue weighted by Crippen LogP contribution is -2.09. The summed E-state index contributed by atoms with van der Waals surface area (Å²) in [6, 6.07) is 13.1. The van der Waals surface area contributed by atoms with Gasteiger partial charge in [0.25, 0.3) is 5.69 Å². The Morgan fingerprint density at radius 2 is 1.93 bits per heavy atom. The van der Waals surface area contributed by atoms with Crippen molar-refractivity contribution >= 4 is 23.4 Å². The molecule has 3 rings (SSSR count). The lowest BCUT2D eigenvalue weighted by atomic mass is 10.1. The summed E-state index contributed by atoms with van der Waals surface area (Å²) in [5, 5.41) is 13.6. The Hall–Kier alpha value is -4.07. The first kappa shape index (κ1) is 18.7. The highest BCUT2D eigenvalue weighted by molar-refractivity contribution is 6.02. The molecule has 1 aromatic heterocycles. The van der Waals surface area contributed by atoms with E-state index in [4.69, 9.17) is 4.74 Å². The summed E-state index contributed by atoms with van der Waals surface area (Å²) in [7, 11) is 0. The van der Waals surface area contributed by atoms with Crippen molar-refractivity contribution in [3.05, 3.63) is 88.2 Å². The molecule has 0 atom stereocenters. The number of nitro groups is 1. The first-order valence-electron chi connectivity index (χ1n) is 8.30. The van der Waals surface area contributed by atoms with Gasteiger partial charge in [0.05, 0.1) is 4.92 Å². The largest absolute Gasteiger partial charge is 0.424 e. The second-order valence-electron chi connectivity index (χ2n) is 5.78. The number of nitrogens with zero attached hydrogens (tertiary/aromatic N) is 3. The molecule has 140 valence electrons. The number of nitro benzene ring substituents is 1. The molecule has 28 heavy (non-hydrogen) atoms. The number of hydrogen-bond donors (Lipinski definition) is 1. The van der Waals surface area contributed by atoms with E-state index in [-0.39, 0.29) is 17.6 Å². The number of hydrogen-bond acceptors (Lipinski definition) is 6. The molecule has 2 aromatic carbocycles. The third-order valence-corrected chi connectivity index (χ3v) is 3.72. The highest BCUT2D eigenvalue weighted by atomic mass is 16.6. The number of aryl methyl sites for hydroxylation is 1. The molecule has 0 aliphatic rings. The highest BCUT2D eigenvalue weighted by Gasteiger charge is 2.07. The second kappa shape index (κ2) is 8.54. The molecule has 0 unspecified atom stereocenters. The summed E-state index contributed by atoms with van der Waals surface area (Å²) in [4.78, 5) is 30.4. The van der Waals surface area contributed by atoms with E-state index in [1.54, 1.807) is 48.8 Å². The summed E-state index contributed by atoms with van der Waals surface area (Å²) in [5.41, 5.74) is 1.95. The number of amides is 1. The summed E-state index contributed by atoms with van der Waals surface area (Å²) in [6.07, 6.45) is 6.00. The predicted molar refractivity (Wildman–Crippen MR) is 104 cm³/mol. The van der Waals surface area contributed by atoms with Gasteiger partial charge in [0, 0.05) is 36.3 Å². The number of nitrogens with one attached hydrogen (secondary N) is 1. The molecule has 0 aliphatic heterocycles. The predicted octanol–water partition coefficient (Wildman–Crippen LogP) is 4.14. The molecule has 0 saturated carbocycles. The molecule has 0 radical (unpaired) electrons. The maximum atomic E-state index is 12.1. The van der Waals surface area contributed by atoms with Crippen molar-refractivity contribution in [1.82, 2.24) is 9.97 Å². The van der Waals surface area contributed by atoms with Crippen molar-refractivity contribution in [3.8, 4) is 11.8 Å². The van der Waals surface area contributed by atoms with Crippen LogP contribution in [0.15, 0.2) is 67.0 Å². The van der Waals surface area contributed by atoms with E-state index in [2.05, 4.69) is 15.3 Å². The Morgan fingerprint density at radius 3 is 2.64 bits per heavy atom. The number of aromatic nitrogens is 2. The number of carbonyl (C=O) groups is 1. The fraction of sp³-hybridized carbons (Fsp3) is 0.0500. The molecule has 8 nitrogen and oxygen atoms in total. The third-order valence-electron chi connectivity index (χ3n) is 3.72. The molecule has 3 aromatic rings. The van der Waals surface area contributed by atoms with Crippen LogP contribution in [0.2, 0.25) is 0 Å². The number of benzene rings is 2. The van der Waals surface area contributed by atoms with Crippen LogP contribution in [0.3, 0.4) is 0 Å². The molecule has 1 amide bonds. The van der Waals surface area contributed by atoms with Crippen LogP contribution in [-0.4, -0.2) is 20.8 Å². The average molecular weight is 376 g/mol. The van der Waals surface area contributed by atoms with Gasteiger partial charge in [0.2, 0.25) is 5.91 Å². The van der Waals surface area contributed by atoms with Crippen molar-refractivity contribution < 1.29 is 14.5 Å². The minimum absolute atomic E-state index is 0.0311. The van der Waals surface area contributed by atoms with E-state index < -0.39 is 4.92 Å². The Bertz CT molecular complexity index is 1040. The van der Waals surface area contributed by atoms with Gasteiger partial charge in [-0.25, -0.2) is 9.97 Å². The summed E-state index contributed by atoms with van der Waals surface area (Å²) >= 11 is 0. The zero-order valence-electron chi connectivity index (χ0n) is 14.9. The van der Waals surface area contributed by atoms with Crippen LogP contribution in [0.5, 0.6) is 11.8 Å². The van der Waals surface area contributed by atoms with Gasteiger partial charge in [-0.15, -0.1) is 0 Å². The Labute approximate surface area is 160 Å². The van der Waals surface area contributed by atoms with Crippen LogP contribution in [0.1, 0.15) is 11.1 Å². The lowest BCUT2D eigenvalue weighted by molar-refractivity contribution is -0.384. The average Bonchev–Trinajstić information content (AvgIpc) is 2.69. The lowest BCUT2D eigenvalue weighted by Gasteiger charge is -2.09. The van der Waals surface area contributed by atoms with Gasteiger partial charge < -0.3 is 10.1 Å². The van der Waals surface area contributed by atoms with Crippen LogP contribution in [0.4, 0.5) is 11.4 Å². The molecule has 0 aliphatic carbocycles. The standard InChI is InChI=1S/C20H16N4O4/c1-14-12-17(28-20-21-10-3-11-22-20)7-8-18(14)23-19(25)9-6-15-4-2-5-16(13-15)24(26)27/h2-13H,1H3,(H,23,25)/b9-6-. The Kier molecular flexibility index (Phi) is 5.71. The molecule has 1 heterocycles. The van der Waals surface area contributed by atoms with Crippen molar-refractivity contribution in [2.24, 2.45) is 0 Å². The molecular formula is C20H16N4O4. The third kappa shape index (κ3) is 4.98. The minimum Gasteiger partial charge on any atom is -0.424 e. The molecular weight excluding hydrogens is 360 g/mol. The number of anilines is 1. The first-order chi connectivity index (χ1) is 13.5. The van der Waals surface area contributed by atoms with Gasteiger partial charge in [0.15, 0.2) is 0 Å². The van der Waals surface area contributed by atoms with Gasteiger partial charge in [0.1, 0.15) is 5.75 Å². The normalized spacial score (nSPS) is 10.6. The zero-order chi connectivity index (χ0) is 19.9. The van der Waals surface area contributed by atoms with E-state index >= 15 is 0 Å². The van der Waals surface area contributed by atoms with Crippen molar-refractivity contribution in [3.63, 3.8) is 0 Å². The van der Waals surface area contributed by atoms with E-state index in [9.17, 15) is 14.9 Å². The minimum atomic E-state index is -0.481. The number of rotatable bonds is 6. The van der Waals surface area contributed by atoms with Crippen LogP contribution in [-0.2, 0) is 4.79 Å². The Balaban J connectivity index is 1.65. The van der Waals surface area contributed by atoms with Crippen LogP contribution < -0.4 is 10.1 Å².